The van der Waals surface area contributed by atoms with Gasteiger partial charge in [0.05, 0.1) is 21.3 Å². The molecule has 10 heteroatoms. The van der Waals surface area contributed by atoms with Crippen molar-refractivity contribution in [1.29, 1.82) is 0 Å². The first-order chi connectivity index (χ1) is 15.6. The Hall–Kier alpha value is -2.20. The summed E-state index contributed by atoms with van der Waals surface area (Å²) in [5, 5.41) is 6.86. The number of benzene rings is 3. The number of hydrogen-bond donors (Lipinski definition) is 2. The van der Waals surface area contributed by atoms with Crippen molar-refractivity contribution in [2.45, 2.75) is 30.7 Å². The molecule has 1 aliphatic heterocycles. The second kappa shape index (κ2) is 9.58. The van der Waals surface area contributed by atoms with Crippen LogP contribution in [0.3, 0.4) is 0 Å². The SMILES string of the molecule is C[C@@H]1CCc2cc(F)ccc2N1S(=O)(=O)c1ccc(NC(=S)Nc2ccc(Br)cc2Cl)cc1. The highest BCUT2D eigenvalue weighted by molar-refractivity contribution is 9.10. The maximum absolute atomic E-state index is 13.7. The fourth-order valence-corrected chi connectivity index (χ4v) is 6.43. The lowest BCUT2D eigenvalue weighted by Gasteiger charge is -2.36. The van der Waals surface area contributed by atoms with E-state index in [2.05, 4.69) is 26.6 Å². The number of thiocarbonyl (C=S) groups is 1. The number of aryl methyl sites for hydroxylation is 1. The van der Waals surface area contributed by atoms with Crippen molar-refractivity contribution in [2.75, 3.05) is 14.9 Å². The van der Waals surface area contributed by atoms with Crippen LogP contribution in [-0.2, 0) is 16.4 Å². The Morgan fingerprint density at radius 3 is 2.55 bits per heavy atom. The summed E-state index contributed by atoms with van der Waals surface area (Å²) in [6, 6.07) is 15.7. The van der Waals surface area contributed by atoms with Gasteiger partial charge in [-0.3, -0.25) is 4.31 Å². The zero-order valence-corrected chi connectivity index (χ0v) is 21.5. The molecule has 5 nitrogen and oxygen atoms in total. The Bertz CT molecular complexity index is 1320. The van der Waals surface area contributed by atoms with Crippen molar-refractivity contribution in [3.05, 3.63) is 81.5 Å². The van der Waals surface area contributed by atoms with Crippen molar-refractivity contribution in [3.63, 3.8) is 0 Å². The average molecular weight is 569 g/mol. The monoisotopic (exact) mass is 567 g/mol. The van der Waals surface area contributed by atoms with Gasteiger partial charge in [0.15, 0.2) is 5.11 Å². The first-order valence-electron chi connectivity index (χ1n) is 10.1. The van der Waals surface area contributed by atoms with Gasteiger partial charge in [-0.25, -0.2) is 12.8 Å². The number of sulfonamides is 1. The molecule has 0 radical (unpaired) electrons. The number of rotatable bonds is 4. The van der Waals surface area contributed by atoms with Gasteiger partial charge in [-0.2, -0.15) is 0 Å². The molecule has 172 valence electrons. The molecule has 0 spiro atoms. The van der Waals surface area contributed by atoms with Gasteiger partial charge in [0.2, 0.25) is 0 Å². The molecule has 3 aromatic rings. The largest absolute Gasteiger partial charge is 0.332 e. The fourth-order valence-electron chi connectivity index (χ4n) is 3.75. The third-order valence-corrected chi connectivity index (χ3v) is 8.31. The predicted octanol–water partition coefficient (Wildman–Crippen LogP) is 6.58. The molecule has 0 amide bonds. The zero-order valence-electron chi connectivity index (χ0n) is 17.5. The summed E-state index contributed by atoms with van der Waals surface area (Å²) >= 11 is 14.9. The van der Waals surface area contributed by atoms with Crippen LogP contribution in [0.4, 0.5) is 21.5 Å². The van der Waals surface area contributed by atoms with Gasteiger partial charge in [-0.15, -0.1) is 0 Å². The highest BCUT2D eigenvalue weighted by Gasteiger charge is 2.34. The maximum Gasteiger partial charge on any atom is 0.264 e. The summed E-state index contributed by atoms with van der Waals surface area (Å²) in [4.78, 5) is 0.145. The summed E-state index contributed by atoms with van der Waals surface area (Å²) < 4.78 is 42.8. The van der Waals surface area contributed by atoms with E-state index < -0.39 is 10.0 Å². The van der Waals surface area contributed by atoms with Crippen molar-refractivity contribution in [3.8, 4) is 0 Å². The van der Waals surface area contributed by atoms with Crippen LogP contribution in [0.25, 0.3) is 0 Å². The first kappa shape index (κ1) is 23.9. The van der Waals surface area contributed by atoms with Gasteiger partial charge in [0, 0.05) is 16.2 Å². The smallest absolute Gasteiger partial charge is 0.264 e. The van der Waals surface area contributed by atoms with E-state index in [1.54, 1.807) is 24.3 Å². The third-order valence-electron chi connectivity index (χ3n) is 5.36. The van der Waals surface area contributed by atoms with Crippen molar-refractivity contribution < 1.29 is 12.8 Å². The highest BCUT2D eigenvalue weighted by Crippen LogP contribution is 2.36. The average Bonchev–Trinajstić information content (AvgIpc) is 2.76. The number of nitrogens with one attached hydrogen (secondary N) is 2. The molecule has 2 N–H and O–H groups in total. The Kier molecular flexibility index (Phi) is 6.95. The van der Waals surface area contributed by atoms with E-state index in [0.29, 0.717) is 45.6 Å². The molecule has 0 saturated carbocycles. The first-order valence-corrected chi connectivity index (χ1v) is 13.1. The van der Waals surface area contributed by atoms with Crippen molar-refractivity contribution >= 4 is 71.9 Å². The summed E-state index contributed by atoms with van der Waals surface area (Å²) in [6.45, 7) is 1.86. The maximum atomic E-state index is 13.7. The summed E-state index contributed by atoms with van der Waals surface area (Å²) in [5.74, 6) is -0.370. The van der Waals surface area contributed by atoms with Crippen LogP contribution in [-0.4, -0.2) is 19.6 Å². The normalized spacial score (nSPS) is 15.6. The number of anilines is 3. The van der Waals surface area contributed by atoms with E-state index in [1.165, 1.54) is 34.6 Å². The molecular formula is C23H20BrClFN3O2S2. The zero-order chi connectivity index (χ0) is 23.8. The lowest BCUT2D eigenvalue weighted by Crippen LogP contribution is -2.42. The van der Waals surface area contributed by atoms with E-state index in [-0.39, 0.29) is 16.8 Å². The molecule has 0 unspecified atom stereocenters. The third kappa shape index (κ3) is 5.16. The number of hydrogen-bond acceptors (Lipinski definition) is 3. The Balaban J connectivity index is 1.52. The minimum Gasteiger partial charge on any atom is -0.332 e. The second-order valence-corrected chi connectivity index (χ2v) is 11.2. The van der Waals surface area contributed by atoms with Gasteiger partial charge < -0.3 is 10.6 Å². The molecular weight excluding hydrogens is 549 g/mol. The van der Waals surface area contributed by atoms with E-state index >= 15 is 0 Å². The second-order valence-electron chi connectivity index (χ2n) is 7.69. The van der Waals surface area contributed by atoms with Crippen LogP contribution in [0.2, 0.25) is 5.02 Å². The van der Waals surface area contributed by atoms with E-state index in [1.807, 2.05) is 13.0 Å². The summed E-state index contributed by atoms with van der Waals surface area (Å²) in [6.07, 6.45) is 1.25. The molecule has 0 bridgehead atoms. The van der Waals surface area contributed by atoms with E-state index in [4.69, 9.17) is 23.8 Å². The van der Waals surface area contributed by atoms with Gasteiger partial charge in [0.25, 0.3) is 10.0 Å². The van der Waals surface area contributed by atoms with Gasteiger partial charge in [-0.1, -0.05) is 27.5 Å². The molecule has 1 heterocycles. The van der Waals surface area contributed by atoms with Crippen LogP contribution < -0.4 is 14.9 Å². The van der Waals surface area contributed by atoms with Gasteiger partial charge >= 0.3 is 0 Å². The Morgan fingerprint density at radius 1 is 1.12 bits per heavy atom. The van der Waals surface area contributed by atoms with Crippen LogP contribution in [0.1, 0.15) is 18.9 Å². The number of halogens is 3. The lowest BCUT2D eigenvalue weighted by molar-refractivity contribution is 0.560. The quantitative estimate of drug-likeness (QED) is 0.348. The van der Waals surface area contributed by atoms with Crippen LogP contribution in [0.15, 0.2) is 70.0 Å². The molecule has 4 rings (SSSR count). The van der Waals surface area contributed by atoms with E-state index in [9.17, 15) is 12.8 Å². The molecule has 1 aliphatic rings. The molecule has 0 saturated heterocycles. The van der Waals surface area contributed by atoms with Crippen molar-refractivity contribution in [2.24, 2.45) is 0 Å². The Labute approximate surface area is 211 Å². The van der Waals surface area contributed by atoms with Crippen molar-refractivity contribution in [1.82, 2.24) is 0 Å². The molecule has 0 aliphatic carbocycles. The van der Waals surface area contributed by atoms with Crippen LogP contribution in [0, 0.1) is 5.82 Å². The Morgan fingerprint density at radius 2 is 1.85 bits per heavy atom. The van der Waals surface area contributed by atoms with Gasteiger partial charge in [-0.05, 0) is 98.2 Å². The minimum atomic E-state index is -3.83. The summed E-state index contributed by atoms with van der Waals surface area (Å²) in [5.41, 5.74) is 2.48. The number of fused-ring (bicyclic) bond motifs is 1. The topological polar surface area (TPSA) is 61.4 Å². The summed E-state index contributed by atoms with van der Waals surface area (Å²) in [7, 11) is -3.83. The standard InChI is InChI=1S/C23H20BrClFN3O2S2/c1-14-2-3-15-12-17(26)5-11-22(15)29(14)33(30,31)19-8-6-18(7-9-19)27-23(32)28-21-10-4-16(24)13-20(21)25/h4-14H,2-3H2,1H3,(H2,27,28,32)/t14-/m1/s1. The molecule has 0 aromatic heterocycles. The van der Waals surface area contributed by atoms with Crippen LogP contribution in [0.5, 0.6) is 0 Å². The predicted molar refractivity (Wildman–Crippen MR) is 139 cm³/mol. The minimum absolute atomic E-state index is 0.145. The number of nitrogens with zero attached hydrogens (tertiary/aromatic N) is 1. The fraction of sp³-hybridized carbons (Fsp3) is 0.174. The highest BCUT2D eigenvalue weighted by atomic mass is 79.9. The van der Waals surface area contributed by atoms with Gasteiger partial charge in [0.1, 0.15) is 5.82 Å². The molecule has 1 atom stereocenters. The van der Waals surface area contributed by atoms with Crippen LogP contribution >= 0.6 is 39.7 Å². The molecule has 3 aromatic carbocycles. The molecule has 33 heavy (non-hydrogen) atoms. The molecule has 0 fully saturated rings. The van der Waals surface area contributed by atoms with E-state index in [0.717, 1.165) is 4.47 Å². The lowest BCUT2D eigenvalue weighted by atomic mass is 9.99.